The highest BCUT2D eigenvalue weighted by Crippen LogP contribution is 2.28. The minimum Gasteiger partial charge on any atom is -0.378 e. The van der Waals surface area contributed by atoms with Crippen molar-refractivity contribution in [2.24, 2.45) is 0 Å². The predicted octanol–water partition coefficient (Wildman–Crippen LogP) is 0.864. The molecule has 1 atom stereocenters. The van der Waals surface area contributed by atoms with Gasteiger partial charge in [0.1, 0.15) is 0 Å². The van der Waals surface area contributed by atoms with E-state index in [9.17, 15) is 0 Å². The quantitative estimate of drug-likeness (QED) is 0.779. The molecule has 1 N–H and O–H groups in total. The largest absolute Gasteiger partial charge is 0.378 e. The van der Waals surface area contributed by atoms with Crippen LogP contribution in [-0.2, 0) is 9.47 Å². The number of hydrogen-bond acceptors (Lipinski definition) is 4. The summed E-state index contributed by atoms with van der Waals surface area (Å²) < 4.78 is 11.6. The van der Waals surface area contributed by atoms with E-state index in [2.05, 4.69) is 37.9 Å². The predicted molar refractivity (Wildman–Crippen MR) is 68.3 cm³/mol. The molecule has 0 bridgehead atoms. The van der Waals surface area contributed by atoms with Crippen LogP contribution in [0.1, 0.15) is 27.7 Å². The lowest BCUT2D eigenvalue weighted by atomic mass is 9.98. The summed E-state index contributed by atoms with van der Waals surface area (Å²) in [5.74, 6) is 0. The van der Waals surface area contributed by atoms with Crippen LogP contribution in [0.3, 0.4) is 0 Å². The molecule has 17 heavy (non-hydrogen) atoms. The molecule has 0 radical (unpaired) electrons. The molecule has 4 heteroatoms. The molecule has 0 amide bonds. The molecule has 0 saturated carbocycles. The van der Waals surface area contributed by atoms with E-state index in [1.165, 1.54) is 0 Å². The van der Waals surface area contributed by atoms with Crippen molar-refractivity contribution in [1.29, 1.82) is 0 Å². The second-order valence-corrected chi connectivity index (χ2v) is 6.52. The molecule has 100 valence electrons. The minimum absolute atomic E-state index is 0.0583. The Kier molecular flexibility index (Phi) is 3.78. The summed E-state index contributed by atoms with van der Waals surface area (Å²) in [7, 11) is 0. The van der Waals surface area contributed by atoms with Crippen LogP contribution < -0.4 is 5.32 Å². The van der Waals surface area contributed by atoms with Crippen LogP contribution >= 0.6 is 0 Å². The van der Waals surface area contributed by atoms with Crippen molar-refractivity contribution in [2.75, 3.05) is 39.4 Å². The third-order valence-corrected chi connectivity index (χ3v) is 3.24. The highest BCUT2D eigenvalue weighted by atomic mass is 16.5. The number of morpholine rings is 2. The molecule has 2 aliphatic rings. The lowest BCUT2D eigenvalue weighted by Gasteiger charge is -2.48. The van der Waals surface area contributed by atoms with Gasteiger partial charge in [0.2, 0.25) is 0 Å². The molecule has 2 rings (SSSR count). The van der Waals surface area contributed by atoms with Gasteiger partial charge in [-0.15, -0.1) is 0 Å². The van der Waals surface area contributed by atoms with E-state index >= 15 is 0 Å². The number of nitrogens with one attached hydrogen (secondary N) is 1. The first-order chi connectivity index (χ1) is 7.86. The highest BCUT2D eigenvalue weighted by molar-refractivity contribution is 4.90. The Hall–Kier alpha value is -0.160. The maximum atomic E-state index is 6.09. The molecule has 0 aliphatic carbocycles. The molecule has 0 aromatic rings. The highest BCUT2D eigenvalue weighted by Gasteiger charge is 2.38. The van der Waals surface area contributed by atoms with E-state index < -0.39 is 0 Å². The van der Waals surface area contributed by atoms with Crippen LogP contribution in [0.2, 0.25) is 0 Å². The van der Waals surface area contributed by atoms with Gasteiger partial charge in [-0.2, -0.15) is 0 Å². The van der Waals surface area contributed by atoms with Crippen molar-refractivity contribution < 1.29 is 9.47 Å². The minimum atomic E-state index is -0.0583. The number of ether oxygens (including phenoxy) is 2. The second kappa shape index (κ2) is 4.84. The fraction of sp³-hybridized carbons (Fsp3) is 1.00. The van der Waals surface area contributed by atoms with E-state index in [1.807, 2.05) is 0 Å². The molecule has 4 nitrogen and oxygen atoms in total. The van der Waals surface area contributed by atoms with Crippen LogP contribution in [0.25, 0.3) is 0 Å². The molecule has 2 saturated heterocycles. The van der Waals surface area contributed by atoms with Crippen molar-refractivity contribution in [3.8, 4) is 0 Å². The maximum absolute atomic E-state index is 6.09. The first-order valence-corrected chi connectivity index (χ1v) is 6.60. The van der Waals surface area contributed by atoms with E-state index in [0.29, 0.717) is 6.04 Å². The number of nitrogens with zero attached hydrogens (tertiary/aromatic N) is 1. The molecule has 2 fully saturated rings. The van der Waals surface area contributed by atoms with Gasteiger partial charge in [-0.3, -0.25) is 4.90 Å². The molecular weight excluding hydrogens is 216 g/mol. The van der Waals surface area contributed by atoms with Crippen molar-refractivity contribution in [2.45, 2.75) is 44.9 Å². The fourth-order valence-corrected chi connectivity index (χ4v) is 3.12. The van der Waals surface area contributed by atoms with Gasteiger partial charge >= 0.3 is 0 Å². The van der Waals surface area contributed by atoms with Gasteiger partial charge in [0.25, 0.3) is 0 Å². The zero-order valence-corrected chi connectivity index (χ0v) is 11.6. The standard InChI is InChI=1S/C13H26N2O2/c1-12(2)9-15(10-13(3,4)17-12)7-11-8-16-6-5-14-11/h11,14H,5-10H2,1-4H3. The molecule has 0 spiro atoms. The molecule has 0 aromatic heterocycles. The van der Waals surface area contributed by atoms with Gasteiger partial charge in [0, 0.05) is 32.2 Å². The summed E-state index contributed by atoms with van der Waals surface area (Å²) in [5, 5.41) is 3.51. The van der Waals surface area contributed by atoms with Crippen molar-refractivity contribution >= 4 is 0 Å². The van der Waals surface area contributed by atoms with E-state index in [1.54, 1.807) is 0 Å². The van der Waals surface area contributed by atoms with Crippen molar-refractivity contribution in [3.63, 3.8) is 0 Å². The number of hydrogen-bond donors (Lipinski definition) is 1. The average molecular weight is 242 g/mol. The smallest absolute Gasteiger partial charge is 0.0760 e. The summed E-state index contributed by atoms with van der Waals surface area (Å²) >= 11 is 0. The van der Waals surface area contributed by atoms with Gasteiger partial charge in [0.05, 0.1) is 24.4 Å². The SMILES string of the molecule is CC1(C)CN(CC2COCCN2)CC(C)(C)O1. The van der Waals surface area contributed by atoms with Crippen LogP contribution in [0.15, 0.2) is 0 Å². The second-order valence-electron chi connectivity index (χ2n) is 6.52. The van der Waals surface area contributed by atoms with Crippen LogP contribution in [0.5, 0.6) is 0 Å². The fourth-order valence-electron chi connectivity index (χ4n) is 3.12. The molecular formula is C13H26N2O2. The third-order valence-electron chi connectivity index (χ3n) is 3.24. The Morgan fingerprint density at radius 1 is 1.18 bits per heavy atom. The van der Waals surface area contributed by atoms with Gasteiger partial charge in [-0.05, 0) is 27.7 Å². The summed E-state index contributed by atoms with van der Waals surface area (Å²) in [6.45, 7) is 14.4. The van der Waals surface area contributed by atoms with Gasteiger partial charge < -0.3 is 14.8 Å². The molecule has 2 aliphatic heterocycles. The molecule has 1 unspecified atom stereocenters. The monoisotopic (exact) mass is 242 g/mol. The average Bonchev–Trinajstić information content (AvgIpc) is 2.13. The number of rotatable bonds is 2. The summed E-state index contributed by atoms with van der Waals surface area (Å²) in [4.78, 5) is 2.50. The van der Waals surface area contributed by atoms with E-state index in [4.69, 9.17) is 9.47 Å². The van der Waals surface area contributed by atoms with Crippen molar-refractivity contribution in [1.82, 2.24) is 10.2 Å². The normalized spacial score (nSPS) is 33.5. The zero-order chi connectivity index (χ0) is 12.5. The topological polar surface area (TPSA) is 33.7 Å². The van der Waals surface area contributed by atoms with Gasteiger partial charge in [0.15, 0.2) is 0 Å². The molecule has 2 heterocycles. The first kappa shape index (κ1) is 13.3. The lowest BCUT2D eigenvalue weighted by Crippen LogP contribution is -2.60. The summed E-state index contributed by atoms with van der Waals surface area (Å²) in [6, 6.07) is 0.466. The first-order valence-electron chi connectivity index (χ1n) is 6.60. The Morgan fingerprint density at radius 2 is 1.82 bits per heavy atom. The Bertz CT molecular complexity index is 244. The van der Waals surface area contributed by atoms with Crippen LogP contribution in [-0.4, -0.2) is 61.5 Å². The Balaban J connectivity index is 1.91. The van der Waals surface area contributed by atoms with Crippen molar-refractivity contribution in [3.05, 3.63) is 0 Å². The summed E-state index contributed by atoms with van der Waals surface area (Å²) in [6.07, 6.45) is 0. The summed E-state index contributed by atoms with van der Waals surface area (Å²) in [5.41, 5.74) is -0.117. The Labute approximate surface area is 105 Å². The molecule has 0 aromatic carbocycles. The van der Waals surface area contributed by atoms with E-state index in [-0.39, 0.29) is 11.2 Å². The van der Waals surface area contributed by atoms with Gasteiger partial charge in [-0.25, -0.2) is 0 Å². The Morgan fingerprint density at radius 3 is 2.35 bits per heavy atom. The lowest BCUT2D eigenvalue weighted by molar-refractivity contribution is -0.182. The third kappa shape index (κ3) is 3.91. The zero-order valence-electron chi connectivity index (χ0n) is 11.6. The van der Waals surface area contributed by atoms with Gasteiger partial charge in [-0.1, -0.05) is 0 Å². The van der Waals surface area contributed by atoms with E-state index in [0.717, 1.165) is 39.4 Å². The van der Waals surface area contributed by atoms with Crippen LogP contribution in [0.4, 0.5) is 0 Å². The van der Waals surface area contributed by atoms with Crippen LogP contribution in [0, 0.1) is 0 Å². The maximum Gasteiger partial charge on any atom is 0.0760 e.